The lowest BCUT2D eigenvalue weighted by Gasteiger charge is -2.34. The van der Waals surface area contributed by atoms with Crippen molar-refractivity contribution >= 4 is 23.4 Å². The number of amides is 2. The molecule has 10 heteroatoms. The van der Waals surface area contributed by atoms with E-state index in [4.69, 9.17) is 9.84 Å². The van der Waals surface area contributed by atoms with Crippen LogP contribution in [0.2, 0.25) is 0 Å². The Morgan fingerprint density at radius 2 is 1.66 bits per heavy atom. The van der Waals surface area contributed by atoms with Crippen LogP contribution in [-0.2, 0) is 11.0 Å². The molecule has 0 spiro atoms. The molecular formula is C31H30F4N2O4. The van der Waals surface area contributed by atoms with Gasteiger partial charge < -0.3 is 15.2 Å². The van der Waals surface area contributed by atoms with Crippen molar-refractivity contribution in [2.45, 2.75) is 57.2 Å². The molecule has 1 fully saturated rings. The van der Waals surface area contributed by atoms with E-state index in [0.29, 0.717) is 23.4 Å². The summed E-state index contributed by atoms with van der Waals surface area (Å²) >= 11 is 0. The molecule has 2 aliphatic rings. The summed E-state index contributed by atoms with van der Waals surface area (Å²) in [5.74, 6) is -0.733. The lowest BCUT2D eigenvalue weighted by molar-refractivity contribution is -0.138. The molecule has 0 radical (unpaired) electrons. The van der Waals surface area contributed by atoms with Gasteiger partial charge >= 0.3 is 18.2 Å². The highest BCUT2D eigenvalue weighted by Crippen LogP contribution is 2.41. The number of carbonyl (C=O) groups is 2. The minimum Gasteiger partial charge on any atom is -0.487 e. The van der Waals surface area contributed by atoms with Crippen LogP contribution < -0.4 is 15.0 Å². The number of alkyl halides is 3. The summed E-state index contributed by atoms with van der Waals surface area (Å²) in [6.45, 7) is 1.87. The van der Waals surface area contributed by atoms with E-state index in [9.17, 15) is 27.2 Å². The third-order valence-electron chi connectivity index (χ3n) is 7.82. The number of anilines is 2. The van der Waals surface area contributed by atoms with Crippen molar-refractivity contribution in [1.29, 1.82) is 0 Å². The summed E-state index contributed by atoms with van der Waals surface area (Å²) < 4.78 is 59.8. The third kappa shape index (κ3) is 6.47. The van der Waals surface area contributed by atoms with Gasteiger partial charge in [-0.1, -0.05) is 30.3 Å². The molecule has 1 atom stereocenters. The first-order valence-electron chi connectivity index (χ1n) is 13.6. The number of nitrogens with one attached hydrogen (secondary N) is 1. The van der Waals surface area contributed by atoms with Crippen LogP contribution in [0.3, 0.4) is 0 Å². The molecule has 1 aliphatic carbocycles. The van der Waals surface area contributed by atoms with Gasteiger partial charge in [0.2, 0.25) is 0 Å². The molecule has 0 saturated heterocycles. The number of hydrogen-bond acceptors (Lipinski definition) is 3. The predicted molar refractivity (Wildman–Crippen MR) is 147 cm³/mol. The molecular weight excluding hydrogens is 540 g/mol. The highest BCUT2D eigenvalue weighted by molar-refractivity contribution is 6.03. The number of urea groups is 1. The number of aliphatic carboxylic acids is 1. The van der Waals surface area contributed by atoms with E-state index in [2.05, 4.69) is 17.4 Å². The van der Waals surface area contributed by atoms with E-state index in [1.807, 2.05) is 18.2 Å². The first kappa shape index (κ1) is 28.4. The molecule has 3 aromatic rings. The van der Waals surface area contributed by atoms with Gasteiger partial charge in [0.1, 0.15) is 17.7 Å². The van der Waals surface area contributed by atoms with E-state index in [-0.39, 0.29) is 18.9 Å². The van der Waals surface area contributed by atoms with Crippen LogP contribution in [-0.4, -0.2) is 29.8 Å². The standard InChI is InChI=1S/C31H30F4N2O4/c1-18-17-37(30(40)36-26-12-11-24(32)16-25(26)31(33,34)35)27-13-10-23(15-28(27)41-18)22-8-6-21(7-9-22)20-4-2-19(3-5-20)14-29(38)39/h6-13,15-16,18-20H,2-5,14,17H2,1H3,(H,36,40)(H,38,39). The van der Waals surface area contributed by atoms with Gasteiger partial charge in [0.05, 0.1) is 23.5 Å². The van der Waals surface area contributed by atoms with Crippen molar-refractivity contribution in [2.24, 2.45) is 5.92 Å². The monoisotopic (exact) mass is 570 g/mol. The minimum absolute atomic E-state index is 0.115. The molecule has 216 valence electrons. The zero-order valence-electron chi connectivity index (χ0n) is 22.4. The molecule has 3 aromatic carbocycles. The Hall–Kier alpha value is -4.08. The van der Waals surface area contributed by atoms with Gasteiger partial charge in [-0.2, -0.15) is 13.2 Å². The average Bonchev–Trinajstić information content (AvgIpc) is 2.93. The molecule has 1 heterocycles. The van der Waals surface area contributed by atoms with Crippen molar-refractivity contribution < 1.29 is 37.0 Å². The van der Waals surface area contributed by atoms with Crippen molar-refractivity contribution in [3.05, 3.63) is 77.6 Å². The van der Waals surface area contributed by atoms with Gasteiger partial charge in [0.15, 0.2) is 0 Å². The van der Waals surface area contributed by atoms with Crippen LogP contribution in [0.15, 0.2) is 60.7 Å². The number of benzene rings is 3. The number of carboxylic acids is 1. The number of hydrogen-bond donors (Lipinski definition) is 2. The smallest absolute Gasteiger partial charge is 0.418 e. The summed E-state index contributed by atoms with van der Waals surface area (Å²) in [7, 11) is 0. The lowest BCUT2D eigenvalue weighted by Crippen LogP contribution is -2.44. The summed E-state index contributed by atoms with van der Waals surface area (Å²) in [4.78, 5) is 25.4. The van der Waals surface area contributed by atoms with E-state index in [0.717, 1.165) is 48.9 Å². The first-order chi connectivity index (χ1) is 19.5. The van der Waals surface area contributed by atoms with Gasteiger partial charge in [-0.05, 0) is 91.5 Å². The summed E-state index contributed by atoms with van der Waals surface area (Å²) in [6, 6.07) is 14.9. The summed E-state index contributed by atoms with van der Waals surface area (Å²) in [6.07, 6.45) is -1.30. The molecule has 2 N–H and O–H groups in total. The van der Waals surface area contributed by atoms with E-state index in [1.54, 1.807) is 19.1 Å². The molecule has 41 heavy (non-hydrogen) atoms. The molecule has 6 nitrogen and oxygen atoms in total. The molecule has 5 rings (SSSR count). The van der Waals surface area contributed by atoms with E-state index < -0.39 is 41.3 Å². The number of nitrogens with zero attached hydrogens (tertiary/aromatic N) is 1. The van der Waals surface area contributed by atoms with Gasteiger partial charge in [-0.3, -0.25) is 9.69 Å². The van der Waals surface area contributed by atoms with Crippen LogP contribution in [0.1, 0.15) is 56.1 Å². The van der Waals surface area contributed by atoms with Gasteiger partial charge in [0.25, 0.3) is 0 Å². The fraction of sp³-hybridized carbons (Fsp3) is 0.355. The van der Waals surface area contributed by atoms with Gasteiger partial charge in [-0.25, -0.2) is 9.18 Å². The Labute approximate surface area is 234 Å². The average molecular weight is 571 g/mol. The highest BCUT2D eigenvalue weighted by atomic mass is 19.4. The maximum Gasteiger partial charge on any atom is 0.418 e. The number of carboxylic acid groups (broad SMARTS) is 1. The van der Waals surface area contributed by atoms with Crippen LogP contribution in [0, 0.1) is 11.7 Å². The first-order valence-corrected chi connectivity index (χ1v) is 13.6. The molecule has 1 unspecified atom stereocenters. The maximum atomic E-state index is 13.5. The van der Waals surface area contributed by atoms with Crippen LogP contribution in [0.5, 0.6) is 5.75 Å². The Morgan fingerprint density at radius 3 is 2.32 bits per heavy atom. The molecule has 0 aromatic heterocycles. The van der Waals surface area contributed by atoms with E-state index >= 15 is 0 Å². The summed E-state index contributed by atoms with van der Waals surface area (Å²) in [5, 5.41) is 11.3. The normalized spacial score (nSPS) is 20.6. The fourth-order valence-corrected chi connectivity index (χ4v) is 5.75. The Balaban J connectivity index is 1.32. The maximum absolute atomic E-state index is 13.5. The second-order valence-corrected chi connectivity index (χ2v) is 10.8. The van der Waals surface area contributed by atoms with Crippen molar-refractivity contribution in [3.8, 4) is 16.9 Å². The van der Waals surface area contributed by atoms with E-state index in [1.165, 1.54) is 10.5 Å². The zero-order valence-corrected chi connectivity index (χ0v) is 22.4. The van der Waals surface area contributed by atoms with Gasteiger partial charge in [0, 0.05) is 6.42 Å². The van der Waals surface area contributed by atoms with Crippen LogP contribution >= 0.6 is 0 Å². The molecule has 1 aliphatic heterocycles. The van der Waals surface area contributed by atoms with Crippen LogP contribution in [0.4, 0.5) is 33.7 Å². The van der Waals surface area contributed by atoms with Crippen molar-refractivity contribution in [2.75, 3.05) is 16.8 Å². The molecule has 1 saturated carbocycles. The number of fused-ring (bicyclic) bond motifs is 1. The number of ether oxygens (including phenoxy) is 1. The Morgan fingerprint density at radius 1 is 0.976 bits per heavy atom. The Bertz CT molecular complexity index is 1430. The fourth-order valence-electron chi connectivity index (χ4n) is 5.75. The topological polar surface area (TPSA) is 78.9 Å². The number of rotatable bonds is 5. The quantitative estimate of drug-likeness (QED) is 0.304. The SMILES string of the molecule is CC1CN(C(=O)Nc2ccc(F)cc2C(F)(F)F)c2ccc(-c3ccc(C4CCC(CC(=O)O)CC4)cc3)cc2O1. The predicted octanol–water partition coefficient (Wildman–Crippen LogP) is 8.08. The van der Waals surface area contributed by atoms with Gasteiger partial charge in [-0.15, -0.1) is 0 Å². The third-order valence-corrected chi connectivity index (χ3v) is 7.82. The molecule has 0 bridgehead atoms. The second kappa shape index (κ2) is 11.4. The van der Waals surface area contributed by atoms with Crippen LogP contribution in [0.25, 0.3) is 11.1 Å². The second-order valence-electron chi connectivity index (χ2n) is 10.8. The lowest BCUT2D eigenvalue weighted by atomic mass is 9.77. The number of halogens is 4. The molecule has 2 amide bonds. The highest BCUT2D eigenvalue weighted by Gasteiger charge is 2.36. The van der Waals surface area contributed by atoms with Crippen molar-refractivity contribution in [1.82, 2.24) is 0 Å². The largest absolute Gasteiger partial charge is 0.487 e. The summed E-state index contributed by atoms with van der Waals surface area (Å²) in [5.41, 5.74) is 1.63. The zero-order chi connectivity index (χ0) is 29.3. The minimum atomic E-state index is -4.84. The Kier molecular flexibility index (Phi) is 7.93. The number of carbonyl (C=O) groups excluding carboxylic acids is 1. The van der Waals surface area contributed by atoms with Crippen molar-refractivity contribution in [3.63, 3.8) is 0 Å².